The molecular weight excluding hydrogens is 388 g/mol. The summed E-state index contributed by atoms with van der Waals surface area (Å²) in [6.45, 7) is 4.82. The summed E-state index contributed by atoms with van der Waals surface area (Å²) >= 11 is 0. The average Bonchev–Trinajstić information content (AvgIpc) is 3.49. The zero-order valence-corrected chi connectivity index (χ0v) is 18.9. The van der Waals surface area contributed by atoms with Gasteiger partial charge < -0.3 is 19.3 Å². The van der Waals surface area contributed by atoms with Gasteiger partial charge in [0.25, 0.3) is 0 Å². The van der Waals surface area contributed by atoms with Crippen LogP contribution in [0.4, 0.5) is 5.69 Å². The molecule has 1 heterocycles. The van der Waals surface area contributed by atoms with E-state index in [1.807, 2.05) is 12.1 Å². The van der Waals surface area contributed by atoms with Gasteiger partial charge in [0.05, 0.1) is 13.2 Å². The van der Waals surface area contributed by atoms with E-state index in [-0.39, 0.29) is 17.9 Å². The van der Waals surface area contributed by atoms with Crippen LogP contribution < -0.4 is 14.4 Å². The van der Waals surface area contributed by atoms with Crippen LogP contribution >= 0.6 is 0 Å². The van der Waals surface area contributed by atoms with Crippen LogP contribution in [0.25, 0.3) is 0 Å². The van der Waals surface area contributed by atoms with Gasteiger partial charge in [-0.05, 0) is 66.6 Å². The molecular formula is C26H34N2O3. The van der Waals surface area contributed by atoms with E-state index in [4.69, 9.17) is 9.47 Å². The minimum absolute atomic E-state index is 0.154. The Hall–Kier alpha value is -2.69. The SMILES string of the molecule is C[C@H](CC(=O)N(C)C)c1ccc(OC2CCN(c3ccc(OCC4CC4)cc3)C2)cc1. The molecule has 1 aliphatic heterocycles. The smallest absolute Gasteiger partial charge is 0.222 e. The number of ether oxygens (including phenoxy) is 2. The summed E-state index contributed by atoms with van der Waals surface area (Å²) < 4.78 is 12.1. The molecule has 1 amide bonds. The molecule has 2 fully saturated rings. The maximum Gasteiger partial charge on any atom is 0.222 e. The fourth-order valence-corrected chi connectivity index (χ4v) is 3.94. The van der Waals surface area contributed by atoms with E-state index in [9.17, 15) is 4.79 Å². The molecule has 1 aliphatic carbocycles. The maximum absolute atomic E-state index is 11.9. The Morgan fingerprint density at radius 2 is 1.71 bits per heavy atom. The molecule has 0 N–H and O–H groups in total. The summed E-state index contributed by atoms with van der Waals surface area (Å²) in [6, 6.07) is 16.7. The molecule has 2 atom stereocenters. The Bertz CT molecular complexity index is 859. The lowest BCUT2D eigenvalue weighted by Crippen LogP contribution is -2.24. The summed E-state index contributed by atoms with van der Waals surface area (Å²) in [5.74, 6) is 2.98. The predicted molar refractivity (Wildman–Crippen MR) is 124 cm³/mol. The largest absolute Gasteiger partial charge is 0.493 e. The molecule has 0 radical (unpaired) electrons. The first-order valence-electron chi connectivity index (χ1n) is 11.4. The summed E-state index contributed by atoms with van der Waals surface area (Å²) in [4.78, 5) is 16.0. The van der Waals surface area contributed by atoms with Crippen LogP contribution in [0.1, 0.15) is 44.1 Å². The monoisotopic (exact) mass is 422 g/mol. The minimum Gasteiger partial charge on any atom is -0.493 e. The topological polar surface area (TPSA) is 42.0 Å². The van der Waals surface area contributed by atoms with Crippen LogP contribution in [0.5, 0.6) is 11.5 Å². The molecule has 5 heteroatoms. The molecule has 31 heavy (non-hydrogen) atoms. The van der Waals surface area contributed by atoms with E-state index in [0.29, 0.717) is 6.42 Å². The van der Waals surface area contributed by atoms with Gasteiger partial charge in [-0.15, -0.1) is 0 Å². The molecule has 2 aliphatic rings. The van der Waals surface area contributed by atoms with Crippen molar-refractivity contribution in [3.05, 3.63) is 54.1 Å². The zero-order chi connectivity index (χ0) is 21.8. The second-order valence-corrected chi connectivity index (χ2v) is 9.19. The minimum atomic E-state index is 0.154. The van der Waals surface area contributed by atoms with Crippen molar-refractivity contribution in [1.29, 1.82) is 0 Å². The highest BCUT2D eigenvalue weighted by Crippen LogP contribution is 2.31. The number of nitrogens with zero attached hydrogens (tertiary/aromatic N) is 2. The van der Waals surface area contributed by atoms with Crippen molar-refractivity contribution >= 4 is 11.6 Å². The lowest BCUT2D eigenvalue weighted by Gasteiger charge is -2.20. The number of carbonyl (C=O) groups is 1. The Labute approximate surface area is 185 Å². The Morgan fingerprint density at radius 1 is 1.03 bits per heavy atom. The number of benzene rings is 2. The number of hydrogen-bond donors (Lipinski definition) is 0. The van der Waals surface area contributed by atoms with Crippen LogP contribution in [-0.2, 0) is 4.79 Å². The van der Waals surface area contributed by atoms with Gasteiger partial charge >= 0.3 is 0 Å². The fourth-order valence-electron chi connectivity index (χ4n) is 3.94. The normalized spacial score (nSPS) is 19.2. The summed E-state index contributed by atoms with van der Waals surface area (Å²) in [7, 11) is 3.60. The number of amides is 1. The number of rotatable bonds is 9. The third kappa shape index (κ3) is 5.93. The first kappa shape index (κ1) is 21.5. The highest BCUT2D eigenvalue weighted by Gasteiger charge is 2.25. The average molecular weight is 423 g/mol. The highest BCUT2D eigenvalue weighted by atomic mass is 16.5. The van der Waals surface area contributed by atoms with Crippen LogP contribution in [0.2, 0.25) is 0 Å². The van der Waals surface area contributed by atoms with Gasteiger partial charge in [0.15, 0.2) is 0 Å². The van der Waals surface area contributed by atoms with E-state index in [1.165, 1.54) is 24.1 Å². The molecule has 0 aromatic heterocycles. The molecule has 0 spiro atoms. The zero-order valence-electron chi connectivity index (χ0n) is 18.9. The quantitative estimate of drug-likeness (QED) is 0.587. The summed E-state index contributed by atoms with van der Waals surface area (Å²) in [5.41, 5.74) is 2.39. The van der Waals surface area contributed by atoms with Gasteiger partial charge in [0, 0.05) is 39.2 Å². The van der Waals surface area contributed by atoms with Gasteiger partial charge in [-0.3, -0.25) is 4.79 Å². The molecule has 1 unspecified atom stereocenters. The fraction of sp³-hybridized carbons (Fsp3) is 0.500. The van der Waals surface area contributed by atoms with Crippen LogP contribution in [0.3, 0.4) is 0 Å². The van der Waals surface area contributed by atoms with E-state index in [0.717, 1.165) is 43.5 Å². The predicted octanol–water partition coefficient (Wildman–Crippen LogP) is 4.71. The van der Waals surface area contributed by atoms with Crippen LogP contribution in [0.15, 0.2) is 48.5 Å². The van der Waals surface area contributed by atoms with Gasteiger partial charge in [0.1, 0.15) is 17.6 Å². The first-order chi connectivity index (χ1) is 15.0. The summed E-state index contributed by atoms with van der Waals surface area (Å²) in [6.07, 6.45) is 4.34. The van der Waals surface area contributed by atoms with Gasteiger partial charge in [-0.2, -0.15) is 0 Å². The highest BCUT2D eigenvalue weighted by molar-refractivity contribution is 5.76. The Kier molecular flexibility index (Phi) is 6.69. The maximum atomic E-state index is 11.9. The van der Waals surface area contributed by atoms with Crippen molar-refractivity contribution in [3.63, 3.8) is 0 Å². The number of anilines is 1. The lowest BCUT2D eigenvalue weighted by molar-refractivity contribution is -0.129. The van der Waals surface area contributed by atoms with Crippen molar-refractivity contribution in [2.24, 2.45) is 5.92 Å². The Balaban J connectivity index is 1.26. The molecule has 4 rings (SSSR count). The molecule has 1 saturated carbocycles. The molecule has 0 bridgehead atoms. The third-order valence-corrected chi connectivity index (χ3v) is 6.26. The van der Waals surface area contributed by atoms with E-state index < -0.39 is 0 Å². The lowest BCUT2D eigenvalue weighted by atomic mass is 9.97. The molecule has 1 saturated heterocycles. The van der Waals surface area contributed by atoms with E-state index in [2.05, 4.69) is 48.2 Å². The third-order valence-electron chi connectivity index (χ3n) is 6.26. The first-order valence-corrected chi connectivity index (χ1v) is 11.4. The van der Waals surface area contributed by atoms with Gasteiger partial charge in [-0.1, -0.05) is 19.1 Å². The van der Waals surface area contributed by atoms with Gasteiger partial charge in [-0.25, -0.2) is 0 Å². The van der Waals surface area contributed by atoms with Crippen molar-refractivity contribution in [2.75, 3.05) is 38.7 Å². The van der Waals surface area contributed by atoms with Crippen molar-refractivity contribution in [3.8, 4) is 11.5 Å². The van der Waals surface area contributed by atoms with Crippen molar-refractivity contribution in [1.82, 2.24) is 4.90 Å². The van der Waals surface area contributed by atoms with Crippen molar-refractivity contribution < 1.29 is 14.3 Å². The Morgan fingerprint density at radius 3 is 2.35 bits per heavy atom. The number of hydrogen-bond acceptors (Lipinski definition) is 4. The van der Waals surface area contributed by atoms with Crippen LogP contribution in [0, 0.1) is 5.92 Å². The van der Waals surface area contributed by atoms with E-state index >= 15 is 0 Å². The second-order valence-electron chi connectivity index (χ2n) is 9.19. The van der Waals surface area contributed by atoms with Crippen molar-refractivity contribution in [2.45, 2.75) is 44.6 Å². The summed E-state index contributed by atoms with van der Waals surface area (Å²) in [5, 5.41) is 0. The standard InChI is InChI=1S/C26H34N2O3/c1-19(16-26(29)27(2)3)21-6-10-24(11-7-21)31-25-14-15-28(17-25)22-8-12-23(13-9-22)30-18-20-4-5-20/h6-13,19-20,25H,4-5,14-18H2,1-3H3/t19-,25?/m1/s1. The molecule has 2 aromatic carbocycles. The van der Waals surface area contributed by atoms with Gasteiger partial charge in [0.2, 0.25) is 5.91 Å². The number of carbonyl (C=O) groups excluding carboxylic acids is 1. The second kappa shape index (κ2) is 9.63. The van der Waals surface area contributed by atoms with Crippen LogP contribution in [-0.4, -0.2) is 50.7 Å². The molecule has 5 nitrogen and oxygen atoms in total. The molecule has 2 aromatic rings. The van der Waals surface area contributed by atoms with E-state index in [1.54, 1.807) is 19.0 Å². The molecule has 166 valence electrons.